The van der Waals surface area contributed by atoms with E-state index in [1.54, 1.807) is 0 Å². The lowest BCUT2D eigenvalue weighted by Crippen LogP contribution is -2.51. The van der Waals surface area contributed by atoms with Gasteiger partial charge < -0.3 is 15.1 Å². The summed E-state index contributed by atoms with van der Waals surface area (Å²) < 4.78 is 0. The summed E-state index contributed by atoms with van der Waals surface area (Å²) in [4.78, 5) is 22.4. The van der Waals surface area contributed by atoms with E-state index in [1.807, 2.05) is 6.08 Å². The Kier molecular flexibility index (Phi) is 4.89. The molecule has 0 aromatic heterocycles. The first kappa shape index (κ1) is 19.4. The first-order chi connectivity index (χ1) is 14.5. The van der Waals surface area contributed by atoms with Crippen molar-refractivity contribution in [2.24, 2.45) is 11.1 Å². The van der Waals surface area contributed by atoms with Crippen LogP contribution < -0.4 is 5.32 Å². The molecule has 0 bridgehead atoms. The normalized spacial score (nSPS) is 30.4. The summed E-state index contributed by atoms with van der Waals surface area (Å²) in [7, 11) is 0. The van der Waals surface area contributed by atoms with Crippen LogP contribution in [0.2, 0.25) is 0 Å². The smallest absolute Gasteiger partial charge is 0.224 e. The zero-order valence-corrected chi connectivity index (χ0v) is 17.8. The van der Waals surface area contributed by atoms with Gasteiger partial charge in [0.15, 0.2) is 11.4 Å². The summed E-state index contributed by atoms with van der Waals surface area (Å²) in [6, 6.07) is 6.50. The highest BCUT2D eigenvalue weighted by Gasteiger charge is 2.45. The van der Waals surface area contributed by atoms with E-state index in [0.717, 1.165) is 50.7 Å². The Labute approximate surface area is 178 Å². The van der Waals surface area contributed by atoms with Gasteiger partial charge >= 0.3 is 0 Å². The fourth-order valence-electron chi connectivity index (χ4n) is 4.97. The summed E-state index contributed by atoms with van der Waals surface area (Å²) >= 11 is 0. The van der Waals surface area contributed by atoms with Crippen LogP contribution in [-0.2, 0) is 16.1 Å². The number of oxime groups is 1. The van der Waals surface area contributed by atoms with E-state index in [4.69, 9.17) is 4.84 Å². The molecule has 3 aliphatic heterocycles. The molecule has 30 heavy (non-hydrogen) atoms. The molecule has 1 aromatic carbocycles. The number of allylic oxidation sites excluding steroid dienone is 2. The molecule has 3 unspecified atom stereocenters. The minimum Gasteiger partial charge on any atom is -0.383 e. The monoisotopic (exact) mass is 406 g/mol. The lowest BCUT2D eigenvalue weighted by Gasteiger charge is -2.37. The minimum absolute atomic E-state index is 0.123. The zero-order chi connectivity index (χ0) is 20.7. The number of hydrogen-bond acceptors (Lipinski definition) is 5. The molecular weight excluding hydrogens is 376 g/mol. The van der Waals surface area contributed by atoms with Gasteiger partial charge in [0.05, 0.1) is 5.92 Å². The predicted molar refractivity (Wildman–Crippen MR) is 119 cm³/mol. The molecule has 4 aliphatic rings. The molecule has 158 valence electrons. The number of carbonyl (C=O) groups excluding carboxylic acids is 1. The van der Waals surface area contributed by atoms with E-state index < -0.39 is 0 Å². The van der Waals surface area contributed by atoms with Crippen LogP contribution in [0.5, 0.6) is 0 Å². The summed E-state index contributed by atoms with van der Waals surface area (Å²) in [6.07, 6.45) is 10.1. The molecule has 6 heteroatoms. The van der Waals surface area contributed by atoms with Gasteiger partial charge in [-0.3, -0.25) is 9.69 Å². The minimum atomic E-state index is -0.329. The van der Waals surface area contributed by atoms with Gasteiger partial charge in [0.25, 0.3) is 0 Å². The van der Waals surface area contributed by atoms with Gasteiger partial charge in [-0.25, -0.2) is 0 Å². The molecule has 6 nitrogen and oxygen atoms in total. The first-order valence-corrected chi connectivity index (χ1v) is 11.0. The second-order valence-electron chi connectivity index (χ2n) is 9.10. The van der Waals surface area contributed by atoms with Gasteiger partial charge in [-0.1, -0.05) is 42.4 Å². The second kappa shape index (κ2) is 7.58. The fraction of sp³-hybridized carbons (Fsp3) is 0.500. The molecule has 1 amide bonds. The van der Waals surface area contributed by atoms with Crippen LogP contribution in [0.4, 0.5) is 5.69 Å². The number of amidine groups is 1. The van der Waals surface area contributed by atoms with Crippen molar-refractivity contribution in [2.75, 3.05) is 38.0 Å². The van der Waals surface area contributed by atoms with E-state index in [0.29, 0.717) is 12.3 Å². The van der Waals surface area contributed by atoms with E-state index in [1.165, 1.54) is 11.1 Å². The number of fused-ring (bicyclic) bond motifs is 2. The molecule has 1 N–H and O–H groups in total. The van der Waals surface area contributed by atoms with Crippen molar-refractivity contribution < 1.29 is 9.63 Å². The molecule has 1 fully saturated rings. The quantitative estimate of drug-likeness (QED) is 0.838. The van der Waals surface area contributed by atoms with Crippen LogP contribution in [0, 0.1) is 5.92 Å². The van der Waals surface area contributed by atoms with Crippen molar-refractivity contribution in [3.05, 3.63) is 53.6 Å². The third kappa shape index (κ3) is 3.54. The molecular formula is C24H30N4O2. The van der Waals surface area contributed by atoms with E-state index >= 15 is 0 Å². The van der Waals surface area contributed by atoms with Crippen LogP contribution in [0.3, 0.4) is 0 Å². The number of piperazine rings is 1. The van der Waals surface area contributed by atoms with Gasteiger partial charge in [-0.2, -0.15) is 0 Å². The molecule has 1 aliphatic carbocycles. The van der Waals surface area contributed by atoms with Crippen molar-refractivity contribution in [1.29, 1.82) is 0 Å². The number of hydrogen-bond donors (Lipinski definition) is 1. The summed E-state index contributed by atoms with van der Waals surface area (Å²) in [6.45, 7) is 9.35. The molecule has 5 rings (SSSR count). The van der Waals surface area contributed by atoms with Crippen molar-refractivity contribution in [1.82, 2.24) is 9.80 Å². The summed E-state index contributed by atoms with van der Waals surface area (Å²) in [5, 5.41) is 7.43. The lowest BCUT2D eigenvalue weighted by atomic mass is 9.84. The molecule has 3 heterocycles. The summed E-state index contributed by atoms with van der Waals surface area (Å²) in [5.74, 6) is 1.70. The van der Waals surface area contributed by atoms with Gasteiger partial charge in [0, 0.05) is 44.8 Å². The number of nitrogens with zero attached hydrogens (tertiary/aromatic N) is 3. The predicted octanol–water partition coefficient (Wildman–Crippen LogP) is 3.14. The third-order valence-corrected chi connectivity index (χ3v) is 6.90. The molecule has 1 aromatic rings. The van der Waals surface area contributed by atoms with Gasteiger partial charge in [-0.15, -0.1) is 0 Å². The van der Waals surface area contributed by atoms with Crippen LogP contribution in [0.25, 0.3) is 0 Å². The molecule has 1 saturated heterocycles. The average Bonchev–Trinajstić information content (AvgIpc) is 3.10. The fourth-order valence-corrected chi connectivity index (χ4v) is 4.97. The summed E-state index contributed by atoms with van der Waals surface area (Å²) in [5.41, 5.74) is 3.27. The number of nitrogens with one attached hydrogen (secondary N) is 1. The number of rotatable bonds is 3. The van der Waals surface area contributed by atoms with E-state index in [2.05, 4.69) is 70.5 Å². The van der Waals surface area contributed by atoms with Crippen molar-refractivity contribution in [3.63, 3.8) is 0 Å². The van der Waals surface area contributed by atoms with Gasteiger partial charge in [-0.05, 0) is 42.5 Å². The van der Waals surface area contributed by atoms with E-state index in [9.17, 15) is 4.79 Å². The van der Waals surface area contributed by atoms with Crippen LogP contribution in [0.1, 0.15) is 37.3 Å². The zero-order valence-electron chi connectivity index (χ0n) is 17.8. The first-order valence-electron chi connectivity index (χ1n) is 11.0. The topological polar surface area (TPSA) is 57.2 Å². The molecule has 0 saturated carbocycles. The highest BCUT2D eigenvalue weighted by atomic mass is 16.7. The highest BCUT2D eigenvalue weighted by molar-refractivity contribution is 5.94. The maximum absolute atomic E-state index is 11.7. The largest absolute Gasteiger partial charge is 0.383 e. The number of anilines is 1. The number of carbonyl (C=O) groups is 1. The number of benzene rings is 1. The maximum Gasteiger partial charge on any atom is 0.224 e. The van der Waals surface area contributed by atoms with Crippen LogP contribution in [0.15, 0.2) is 47.7 Å². The maximum atomic E-state index is 11.7. The average molecular weight is 407 g/mol. The van der Waals surface area contributed by atoms with Crippen molar-refractivity contribution in [3.8, 4) is 0 Å². The lowest BCUT2D eigenvalue weighted by molar-refractivity contribution is -0.116. The Morgan fingerprint density at radius 1 is 1.23 bits per heavy atom. The van der Waals surface area contributed by atoms with Gasteiger partial charge in [0.2, 0.25) is 5.91 Å². The second-order valence-corrected chi connectivity index (χ2v) is 9.10. The Bertz CT molecular complexity index is 929. The Morgan fingerprint density at radius 3 is 2.90 bits per heavy atom. The van der Waals surface area contributed by atoms with Gasteiger partial charge in [0.1, 0.15) is 0 Å². The SMILES string of the molecule is CC1CC(=O)Nc2ccc(CCN3CCN(C4=NOC5(C)C=CC=CC45)CC3)cc21. The molecule has 3 atom stereocenters. The highest BCUT2D eigenvalue weighted by Crippen LogP contribution is 2.36. The molecule has 0 radical (unpaired) electrons. The molecule has 0 spiro atoms. The Balaban J connectivity index is 1.15. The van der Waals surface area contributed by atoms with Crippen LogP contribution >= 0.6 is 0 Å². The van der Waals surface area contributed by atoms with Crippen LogP contribution in [-0.4, -0.2) is 59.9 Å². The Hall–Kier alpha value is -2.60. The van der Waals surface area contributed by atoms with E-state index in [-0.39, 0.29) is 17.4 Å². The van der Waals surface area contributed by atoms with Crippen molar-refractivity contribution >= 4 is 17.4 Å². The van der Waals surface area contributed by atoms with Crippen molar-refractivity contribution in [2.45, 2.75) is 38.2 Å². The standard InChI is InChI=1S/C24H30N4O2/c1-17-15-22(29)25-21-7-6-18(16-19(17)21)8-10-27-11-13-28(14-12-27)23-20-5-3-4-9-24(20,2)30-26-23/h3-7,9,16-17,20H,8,10-15H2,1-2H3,(H,25,29). The Morgan fingerprint density at radius 2 is 2.07 bits per heavy atom. The number of amides is 1. The third-order valence-electron chi connectivity index (χ3n) is 6.90.